The van der Waals surface area contributed by atoms with Crippen LogP contribution < -0.4 is 11.3 Å². The molecule has 1 aromatic carbocycles. The number of carbonyl (C=O) groups is 1. The fraction of sp³-hybridized carbons (Fsp3) is 0.462. The molecule has 0 radical (unpaired) electrons. The third kappa shape index (κ3) is 1.52. The summed E-state index contributed by atoms with van der Waals surface area (Å²) in [5, 5.41) is 0. The lowest BCUT2D eigenvalue weighted by atomic mass is 9.86. The van der Waals surface area contributed by atoms with Gasteiger partial charge in [0.2, 0.25) is 5.91 Å². The summed E-state index contributed by atoms with van der Waals surface area (Å²) >= 11 is 0. The van der Waals surface area contributed by atoms with Gasteiger partial charge in [0.25, 0.3) is 0 Å². The summed E-state index contributed by atoms with van der Waals surface area (Å²) in [4.78, 5) is 11.8. The van der Waals surface area contributed by atoms with Gasteiger partial charge in [-0.2, -0.15) is 0 Å². The molecule has 1 amide bonds. The van der Waals surface area contributed by atoms with Crippen LogP contribution in [-0.2, 0) is 10.2 Å². The molecule has 0 atom stereocenters. The number of amides is 1. The zero-order valence-corrected chi connectivity index (χ0v) is 10.1. The minimum atomic E-state index is -0.351. The average Bonchev–Trinajstić information content (AvgIpc) is 2.96. The number of nitrogens with one attached hydrogen (secondary N) is 1. The molecule has 0 spiro atoms. The van der Waals surface area contributed by atoms with E-state index < -0.39 is 0 Å². The second kappa shape index (κ2) is 3.59. The molecule has 3 heteroatoms. The Labute approximate surface area is 96.0 Å². The standard InChI is InChI=1S/C13H18N2O/c1-8-6-9(2)11(10(3)7-8)13(4-5-13)12(16)15-14/h6-7H,4-5,14H2,1-3H3,(H,15,16). The zero-order chi connectivity index (χ0) is 11.9. The molecule has 0 aliphatic heterocycles. The van der Waals surface area contributed by atoms with Crippen molar-refractivity contribution in [1.29, 1.82) is 0 Å². The summed E-state index contributed by atoms with van der Waals surface area (Å²) in [6.45, 7) is 6.21. The Morgan fingerprint density at radius 2 is 1.75 bits per heavy atom. The molecule has 0 heterocycles. The van der Waals surface area contributed by atoms with Gasteiger partial charge in [0.15, 0.2) is 0 Å². The summed E-state index contributed by atoms with van der Waals surface area (Å²) in [5.41, 5.74) is 6.74. The number of nitrogens with two attached hydrogens (primary N) is 1. The fourth-order valence-electron chi connectivity index (χ4n) is 2.79. The van der Waals surface area contributed by atoms with Gasteiger partial charge < -0.3 is 0 Å². The van der Waals surface area contributed by atoms with E-state index in [2.05, 4.69) is 38.3 Å². The summed E-state index contributed by atoms with van der Waals surface area (Å²) < 4.78 is 0. The molecule has 3 nitrogen and oxygen atoms in total. The molecule has 1 aliphatic carbocycles. The monoisotopic (exact) mass is 218 g/mol. The van der Waals surface area contributed by atoms with E-state index in [0.29, 0.717) is 0 Å². The van der Waals surface area contributed by atoms with Crippen LogP contribution in [0.4, 0.5) is 0 Å². The highest BCUT2D eigenvalue weighted by atomic mass is 16.2. The smallest absolute Gasteiger partial charge is 0.244 e. The molecular formula is C13H18N2O. The Hall–Kier alpha value is -1.35. The van der Waals surface area contributed by atoms with Gasteiger partial charge >= 0.3 is 0 Å². The Morgan fingerprint density at radius 3 is 2.12 bits per heavy atom. The van der Waals surface area contributed by atoms with E-state index >= 15 is 0 Å². The van der Waals surface area contributed by atoms with Gasteiger partial charge in [0.1, 0.15) is 0 Å². The fourth-order valence-corrected chi connectivity index (χ4v) is 2.79. The minimum Gasteiger partial charge on any atom is -0.293 e. The molecule has 2 rings (SSSR count). The summed E-state index contributed by atoms with van der Waals surface area (Å²) in [6.07, 6.45) is 1.81. The lowest BCUT2D eigenvalue weighted by Crippen LogP contribution is -2.39. The quantitative estimate of drug-likeness (QED) is 0.450. The van der Waals surface area contributed by atoms with Gasteiger partial charge in [0.05, 0.1) is 5.41 Å². The lowest BCUT2D eigenvalue weighted by molar-refractivity contribution is -0.123. The van der Waals surface area contributed by atoms with Crippen LogP contribution in [0.1, 0.15) is 35.1 Å². The van der Waals surface area contributed by atoms with Crippen molar-refractivity contribution in [3.63, 3.8) is 0 Å². The van der Waals surface area contributed by atoms with E-state index in [9.17, 15) is 4.79 Å². The normalized spacial score (nSPS) is 17.0. The molecule has 1 aliphatic rings. The SMILES string of the molecule is Cc1cc(C)c(C2(C(=O)NN)CC2)c(C)c1. The van der Waals surface area contributed by atoms with E-state index in [-0.39, 0.29) is 11.3 Å². The third-order valence-electron chi connectivity index (χ3n) is 3.47. The Bertz CT molecular complexity index is 424. The van der Waals surface area contributed by atoms with Crippen molar-refractivity contribution in [3.05, 3.63) is 34.4 Å². The van der Waals surface area contributed by atoms with Crippen molar-refractivity contribution in [2.24, 2.45) is 5.84 Å². The molecule has 1 aromatic rings. The second-order valence-electron chi connectivity index (χ2n) is 4.83. The van der Waals surface area contributed by atoms with Crippen LogP contribution in [-0.4, -0.2) is 5.91 Å². The first-order chi connectivity index (χ1) is 7.51. The number of aryl methyl sites for hydroxylation is 3. The van der Waals surface area contributed by atoms with Gasteiger partial charge in [0, 0.05) is 0 Å². The van der Waals surface area contributed by atoms with Crippen LogP contribution in [0.25, 0.3) is 0 Å². The predicted octanol–water partition coefficient (Wildman–Crippen LogP) is 1.63. The summed E-state index contributed by atoms with van der Waals surface area (Å²) in [5.74, 6) is 5.21. The highest BCUT2D eigenvalue weighted by Crippen LogP contribution is 2.50. The predicted molar refractivity (Wildman–Crippen MR) is 63.9 cm³/mol. The Balaban J connectivity index is 2.53. The van der Waals surface area contributed by atoms with E-state index in [0.717, 1.165) is 12.8 Å². The second-order valence-corrected chi connectivity index (χ2v) is 4.83. The lowest BCUT2D eigenvalue weighted by Gasteiger charge is -2.19. The van der Waals surface area contributed by atoms with Crippen LogP contribution in [0, 0.1) is 20.8 Å². The topological polar surface area (TPSA) is 55.1 Å². The molecular weight excluding hydrogens is 200 g/mol. The van der Waals surface area contributed by atoms with Crippen LogP contribution in [0.2, 0.25) is 0 Å². The van der Waals surface area contributed by atoms with Crippen molar-refractivity contribution in [1.82, 2.24) is 5.43 Å². The number of hydrazine groups is 1. The molecule has 0 unspecified atom stereocenters. The van der Waals surface area contributed by atoms with Crippen molar-refractivity contribution in [2.45, 2.75) is 39.0 Å². The highest BCUT2D eigenvalue weighted by Gasteiger charge is 2.52. The number of rotatable bonds is 2. The number of hydrogen-bond acceptors (Lipinski definition) is 2. The third-order valence-corrected chi connectivity index (χ3v) is 3.47. The molecule has 16 heavy (non-hydrogen) atoms. The van der Waals surface area contributed by atoms with Crippen LogP contribution in [0.3, 0.4) is 0 Å². The van der Waals surface area contributed by atoms with E-state index in [1.807, 2.05) is 0 Å². The minimum absolute atomic E-state index is 0.0532. The summed E-state index contributed by atoms with van der Waals surface area (Å²) in [6, 6.07) is 4.26. The molecule has 0 saturated heterocycles. The molecule has 0 aromatic heterocycles. The van der Waals surface area contributed by atoms with Crippen molar-refractivity contribution >= 4 is 5.91 Å². The number of carbonyl (C=O) groups excluding carboxylic acids is 1. The first-order valence-corrected chi connectivity index (χ1v) is 5.60. The van der Waals surface area contributed by atoms with Gasteiger partial charge in [-0.05, 0) is 50.3 Å². The maximum atomic E-state index is 11.8. The Morgan fingerprint density at radius 1 is 1.25 bits per heavy atom. The summed E-state index contributed by atoms with van der Waals surface area (Å²) in [7, 11) is 0. The van der Waals surface area contributed by atoms with Crippen molar-refractivity contribution in [2.75, 3.05) is 0 Å². The maximum absolute atomic E-state index is 11.8. The van der Waals surface area contributed by atoms with Gasteiger partial charge in [-0.15, -0.1) is 0 Å². The van der Waals surface area contributed by atoms with Crippen LogP contribution in [0.15, 0.2) is 12.1 Å². The highest BCUT2D eigenvalue weighted by molar-refractivity contribution is 5.91. The van der Waals surface area contributed by atoms with Crippen LogP contribution in [0.5, 0.6) is 0 Å². The number of benzene rings is 1. The molecule has 1 fully saturated rings. The average molecular weight is 218 g/mol. The van der Waals surface area contributed by atoms with Gasteiger partial charge in [-0.3, -0.25) is 10.2 Å². The first kappa shape index (κ1) is 11.1. The molecule has 3 N–H and O–H groups in total. The van der Waals surface area contributed by atoms with Gasteiger partial charge in [-0.25, -0.2) is 5.84 Å². The molecule has 1 saturated carbocycles. The molecule has 86 valence electrons. The largest absolute Gasteiger partial charge is 0.293 e. The first-order valence-electron chi connectivity index (χ1n) is 5.60. The van der Waals surface area contributed by atoms with E-state index in [1.54, 1.807) is 0 Å². The zero-order valence-electron chi connectivity index (χ0n) is 10.1. The Kier molecular flexibility index (Phi) is 2.50. The van der Waals surface area contributed by atoms with E-state index in [1.165, 1.54) is 22.3 Å². The van der Waals surface area contributed by atoms with Crippen LogP contribution >= 0.6 is 0 Å². The number of hydrogen-bond donors (Lipinski definition) is 2. The van der Waals surface area contributed by atoms with Crippen molar-refractivity contribution < 1.29 is 4.79 Å². The van der Waals surface area contributed by atoms with Gasteiger partial charge in [-0.1, -0.05) is 17.7 Å². The van der Waals surface area contributed by atoms with Crippen molar-refractivity contribution in [3.8, 4) is 0 Å². The maximum Gasteiger partial charge on any atom is 0.244 e. The molecule has 0 bridgehead atoms. The van der Waals surface area contributed by atoms with E-state index in [4.69, 9.17) is 5.84 Å².